The number of aryl methyl sites for hydroxylation is 2. The van der Waals surface area contributed by atoms with Crippen LogP contribution in [0.3, 0.4) is 0 Å². The van der Waals surface area contributed by atoms with E-state index < -0.39 is 23.8 Å². The summed E-state index contributed by atoms with van der Waals surface area (Å²) in [6, 6.07) is 6.57. The van der Waals surface area contributed by atoms with E-state index in [0.717, 1.165) is 21.8 Å². The van der Waals surface area contributed by atoms with Crippen LogP contribution < -0.4 is 11.2 Å². The number of aromatic amines is 1. The van der Waals surface area contributed by atoms with Crippen LogP contribution in [0.2, 0.25) is 0 Å². The summed E-state index contributed by atoms with van der Waals surface area (Å²) >= 11 is 0. The zero-order valence-electron chi connectivity index (χ0n) is 12.8. The molecule has 1 heterocycles. The van der Waals surface area contributed by atoms with Gasteiger partial charge < -0.3 is 4.74 Å². The van der Waals surface area contributed by atoms with Gasteiger partial charge in [0.25, 0.3) is 5.56 Å². The van der Waals surface area contributed by atoms with Crippen molar-refractivity contribution in [3.8, 4) is 0 Å². The average Bonchev–Trinajstić information content (AvgIpc) is 2.50. The number of ketones is 1. The van der Waals surface area contributed by atoms with Crippen LogP contribution in [0.4, 0.5) is 0 Å². The Balaban J connectivity index is 1.99. The standard InChI is InChI=1S/C16H16N2O5/c1-10-3-4-11(2)12(7-10)13(19)9-23-15(21)8-18-6-5-14(20)17-16(18)22/h3-7H,8-9H2,1-2H3,(H,17,20,22). The second-order valence-electron chi connectivity index (χ2n) is 5.14. The third-order valence-corrected chi connectivity index (χ3v) is 3.25. The highest BCUT2D eigenvalue weighted by molar-refractivity contribution is 5.99. The minimum Gasteiger partial charge on any atom is -0.456 e. The van der Waals surface area contributed by atoms with Crippen molar-refractivity contribution in [1.82, 2.24) is 9.55 Å². The maximum absolute atomic E-state index is 12.1. The number of ether oxygens (including phenoxy) is 1. The lowest BCUT2D eigenvalue weighted by atomic mass is 10.0. The highest BCUT2D eigenvalue weighted by Gasteiger charge is 2.13. The second-order valence-corrected chi connectivity index (χ2v) is 5.14. The number of benzene rings is 1. The first-order valence-electron chi connectivity index (χ1n) is 6.92. The largest absolute Gasteiger partial charge is 0.456 e. The number of nitrogens with one attached hydrogen (secondary N) is 1. The maximum Gasteiger partial charge on any atom is 0.328 e. The van der Waals surface area contributed by atoms with Gasteiger partial charge >= 0.3 is 11.7 Å². The predicted molar refractivity (Wildman–Crippen MR) is 82.5 cm³/mol. The normalized spacial score (nSPS) is 10.3. The van der Waals surface area contributed by atoms with E-state index in [1.807, 2.05) is 24.0 Å². The molecule has 0 radical (unpaired) electrons. The zero-order chi connectivity index (χ0) is 17.0. The van der Waals surface area contributed by atoms with E-state index in [-0.39, 0.29) is 12.3 Å². The minimum absolute atomic E-state index is 0.312. The summed E-state index contributed by atoms with van der Waals surface area (Å²) in [5, 5.41) is 0. The smallest absolute Gasteiger partial charge is 0.328 e. The third kappa shape index (κ3) is 4.26. The molecule has 0 fully saturated rings. The van der Waals surface area contributed by atoms with E-state index in [9.17, 15) is 19.2 Å². The summed E-state index contributed by atoms with van der Waals surface area (Å²) < 4.78 is 5.89. The zero-order valence-corrected chi connectivity index (χ0v) is 12.8. The van der Waals surface area contributed by atoms with Crippen molar-refractivity contribution in [2.24, 2.45) is 0 Å². The molecule has 0 unspecified atom stereocenters. The van der Waals surface area contributed by atoms with Crippen LogP contribution in [0.1, 0.15) is 21.5 Å². The molecule has 1 N–H and O–H groups in total. The van der Waals surface area contributed by atoms with Crippen LogP contribution in [-0.2, 0) is 16.1 Å². The lowest BCUT2D eigenvalue weighted by Gasteiger charge is -2.08. The third-order valence-electron chi connectivity index (χ3n) is 3.25. The number of hydrogen-bond donors (Lipinski definition) is 1. The number of H-pyrrole nitrogens is 1. The molecule has 120 valence electrons. The Kier molecular flexibility index (Phi) is 4.90. The molecule has 0 aliphatic carbocycles. The van der Waals surface area contributed by atoms with Crippen molar-refractivity contribution in [3.05, 3.63) is 68.0 Å². The lowest BCUT2D eigenvalue weighted by molar-refractivity contribution is -0.143. The van der Waals surface area contributed by atoms with Gasteiger partial charge in [-0.25, -0.2) is 4.79 Å². The Morgan fingerprint density at radius 3 is 2.61 bits per heavy atom. The first-order chi connectivity index (χ1) is 10.9. The van der Waals surface area contributed by atoms with Gasteiger partial charge in [0, 0.05) is 17.8 Å². The fourth-order valence-electron chi connectivity index (χ4n) is 2.01. The van der Waals surface area contributed by atoms with Gasteiger partial charge in [0.15, 0.2) is 6.61 Å². The van der Waals surface area contributed by atoms with E-state index in [1.54, 1.807) is 13.0 Å². The molecule has 0 spiro atoms. The van der Waals surface area contributed by atoms with Gasteiger partial charge in [-0.15, -0.1) is 0 Å². The number of carbonyl (C=O) groups excluding carboxylic acids is 2. The molecule has 0 atom stereocenters. The summed E-state index contributed by atoms with van der Waals surface area (Å²) in [6.07, 6.45) is 1.19. The summed E-state index contributed by atoms with van der Waals surface area (Å²) in [5.41, 5.74) is 0.970. The van der Waals surface area contributed by atoms with Crippen molar-refractivity contribution in [2.75, 3.05) is 6.61 Å². The molecule has 0 aliphatic heterocycles. The molecule has 2 aromatic rings. The van der Waals surface area contributed by atoms with Gasteiger partial charge in [-0.1, -0.05) is 17.7 Å². The van der Waals surface area contributed by atoms with E-state index in [0.29, 0.717) is 5.56 Å². The van der Waals surface area contributed by atoms with Gasteiger partial charge in [-0.3, -0.25) is 23.9 Å². The number of carbonyl (C=O) groups is 2. The molecule has 0 aliphatic rings. The van der Waals surface area contributed by atoms with Crippen LogP contribution in [0, 0.1) is 13.8 Å². The predicted octanol–water partition coefficient (Wildman–Crippen LogP) is 0.580. The number of rotatable bonds is 5. The fourth-order valence-corrected chi connectivity index (χ4v) is 2.01. The van der Waals surface area contributed by atoms with Gasteiger partial charge in [-0.2, -0.15) is 0 Å². The Morgan fingerprint density at radius 1 is 1.17 bits per heavy atom. The van der Waals surface area contributed by atoms with Gasteiger partial charge in [-0.05, 0) is 25.5 Å². The molecule has 23 heavy (non-hydrogen) atoms. The van der Waals surface area contributed by atoms with Crippen molar-refractivity contribution in [2.45, 2.75) is 20.4 Å². The Labute approximate surface area is 131 Å². The van der Waals surface area contributed by atoms with Crippen molar-refractivity contribution < 1.29 is 14.3 Å². The van der Waals surface area contributed by atoms with Crippen LogP contribution in [0.15, 0.2) is 40.1 Å². The monoisotopic (exact) mass is 316 g/mol. The van der Waals surface area contributed by atoms with Crippen LogP contribution in [0.25, 0.3) is 0 Å². The fraction of sp³-hybridized carbons (Fsp3) is 0.250. The van der Waals surface area contributed by atoms with E-state index in [4.69, 9.17) is 4.74 Å². The number of hydrogen-bond acceptors (Lipinski definition) is 5. The summed E-state index contributed by atoms with van der Waals surface area (Å²) in [5.74, 6) is -1.05. The number of esters is 1. The van der Waals surface area contributed by atoms with Crippen LogP contribution in [0.5, 0.6) is 0 Å². The van der Waals surface area contributed by atoms with Crippen molar-refractivity contribution in [3.63, 3.8) is 0 Å². The maximum atomic E-state index is 12.1. The molecule has 7 nitrogen and oxygen atoms in total. The molecule has 0 saturated heterocycles. The lowest BCUT2D eigenvalue weighted by Crippen LogP contribution is -2.31. The quantitative estimate of drug-likeness (QED) is 0.642. The first-order valence-corrected chi connectivity index (χ1v) is 6.92. The van der Waals surface area contributed by atoms with E-state index in [1.165, 1.54) is 6.20 Å². The molecule has 0 amide bonds. The molecule has 2 rings (SSSR count). The Hall–Kier alpha value is -2.96. The second kappa shape index (κ2) is 6.87. The SMILES string of the molecule is Cc1ccc(C)c(C(=O)COC(=O)Cn2ccc(=O)[nH]c2=O)c1. The highest BCUT2D eigenvalue weighted by Crippen LogP contribution is 2.11. The molecule has 0 bridgehead atoms. The van der Waals surface area contributed by atoms with Crippen molar-refractivity contribution >= 4 is 11.8 Å². The van der Waals surface area contributed by atoms with Crippen LogP contribution in [-0.4, -0.2) is 27.9 Å². The first kappa shape index (κ1) is 16.4. The molecular formula is C16H16N2O5. The molecular weight excluding hydrogens is 300 g/mol. The average molecular weight is 316 g/mol. The minimum atomic E-state index is -0.738. The van der Waals surface area contributed by atoms with E-state index >= 15 is 0 Å². The van der Waals surface area contributed by atoms with Gasteiger partial charge in [0.1, 0.15) is 6.54 Å². The Bertz CT molecular complexity index is 863. The Morgan fingerprint density at radius 2 is 1.91 bits per heavy atom. The van der Waals surface area contributed by atoms with Crippen LogP contribution >= 0.6 is 0 Å². The summed E-state index contributed by atoms with van der Waals surface area (Å²) in [6.45, 7) is 2.89. The summed E-state index contributed by atoms with van der Waals surface area (Å²) in [7, 11) is 0. The highest BCUT2D eigenvalue weighted by atomic mass is 16.5. The molecule has 1 aromatic heterocycles. The molecule has 0 saturated carbocycles. The van der Waals surface area contributed by atoms with Gasteiger partial charge in [0.2, 0.25) is 5.78 Å². The van der Waals surface area contributed by atoms with E-state index in [2.05, 4.69) is 0 Å². The molecule has 7 heteroatoms. The molecule has 1 aromatic carbocycles. The number of Topliss-reactive ketones (excluding diaryl/α,β-unsaturated/α-hetero) is 1. The number of aromatic nitrogens is 2. The van der Waals surface area contributed by atoms with Gasteiger partial charge in [0.05, 0.1) is 0 Å². The van der Waals surface area contributed by atoms with Crippen molar-refractivity contribution in [1.29, 1.82) is 0 Å². The number of nitrogens with zero attached hydrogens (tertiary/aromatic N) is 1. The summed E-state index contributed by atoms with van der Waals surface area (Å²) in [4.78, 5) is 48.2. The topological polar surface area (TPSA) is 98.2 Å².